The number of aryl methyl sites for hydroxylation is 1. The molecule has 1 saturated heterocycles. The highest BCUT2D eigenvalue weighted by Gasteiger charge is 2.23. The number of imidazole rings is 2. The van der Waals surface area contributed by atoms with Gasteiger partial charge in [-0.1, -0.05) is 0 Å². The number of aromatic nitrogens is 6. The molecule has 1 fully saturated rings. The van der Waals surface area contributed by atoms with Crippen molar-refractivity contribution in [1.82, 2.24) is 28.7 Å². The molecule has 0 aliphatic carbocycles. The van der Waals surface area contributed by atoms with E-state index in [0.717, 1.165) is 12.8 Å². The molecule has 5 rings (SSSR count). The molecule has 0 spiro atoms. The summed E-state index contributed by atoms with van der Waals surface area (Å²) in [6.07, 6.45) is 4.71. The molecule has 0 bridgehead atoms. The molecular formula is C18H17FN6O2. The summed E-state index contributed by atoms with van der Waals surface area (Å²) in [7, 11) is 1.71. The summed E-state index contributed by atoms with van der Waals surface area (Å²) >= 11 is 0. The zero-order valence-electron chi connectivity index (χ0n) is 14.7. The van der Waals surface area contributed by atoms with Crippen LogP contribution in [0, 0.1) is 5.82 Å². The van der Waals surface area contributed by atoms with E-state index >= 15 is 0 Å². The quantitative estimate of drug-likeness (QED) is 0.540. The van der Waals surface area contributed by atoms with Gasteiger partial charge in [0.25, 0.3) is 0 Å². The van der Waals surface area contributed by atoms with Crippen LogP contribution in [0.3, 0.4) is 0 Å². The third-order valence-electron chi connectivity index (χ3n) is 5.10. The number of rotatable bonds is 2. The fraction of sp³-hybridized carbons (Fsp3) is 0.333. The molecule has 0 radical (unpaired) electrons. The van der Waals surface area contributed by atoms with Gasteiger partial charge in [0.1, 0.15) is 17.7 Å². The fourth-order valence-electron chi connectivity index (χ4n) is 3.66. The predicted octanol–water partition coefficient (Wildman–Crippen LogP) is 1.96. The van der Waals surface area contributed by atoms with E-state index in [-0.39, 0.29) is 17.5 Å². The van der Waals surface area contributed by atoms with Crippen molar-refractivity contribution in [2.75, 3.05) is 13.2 Å². The smallest absolute Gasteiger partial charge is 0.330 e. The Morgan fingerprint density at radius 3 is 2.81 bits per heavy atom. The molecule has 138 valence electrons. The number of hydrogen-bond acceptors (Lipinski definition) is 5. The van der Waals surface area contributed by atoms with Crippen LogP contribution < -0.4 is 5.69 Å². The minimum atomic E-state index is -0.357. The van der Waals surface area contributed by atoms with Crippen molar-refractivity contribution in [3.63, 3.8) is 0 Å². The first-order valence-corrected chi connectivity index (χ1v) is 8.78. The number of ether oxygens (including phenoxy) is 1. The molecular weight excluding hydrogens is 351 g/mol. The van der Waals surface area contributed by atoms with Crippen LogP contribution in [-0.4, -0.2) is 41.9 Å². The summed E-state index contributed by atoms with van der Waals surface area (Å²) in [6.45, 7) is 1.24. The van der Waals surface area contributed by atoms with Crippen molar-refractivity contribution >= 4 is 22.2 Å². The predicted molar refractivity (Wildman–Crippen MR) is 96.4 cm³/mol. The third kappa shape index (κ3) is 2.46. The van der Waals surface area contributed by atoms with Crippen molar-refractivity contribution in [2.45, 2.75) is 18.9 Å². The minimum Gasteiger partial charge on any atom is -0.381 e. The van der Waals surface area contributed by atoms with Crippen LogP contribution >= 0.6 is 0 Å². The molecule has 8 nitrogen and oxygen atoms in total. The van der Waals surface area contributed by atoms with Gasteiger partial charge in [0.15, 0.2) is 5.65 Å². The van der Waals surface area contributed by atoms with Gasteiger partial charge in [-0.15, -0.1) is 0 Å². The molecule has 0 saturated carbocycles. The summed E-state index contributed by atoms with van der Waals surface area (Å²) in [5, 5.41) is 0. The number of nitrogens with zero attached hydrogens (tertiary/aromatic N) is 6. The lowest BCUT2D eigenvalue weighted by atomic mass is 10.1. The Balaban J connectivity index is 1.72. The van der Waals surface area contributed by atoms with E-state index in [0.29, 0.717) is 41.4 Å². The molecule has 1 aliphatic heterocycles. The maximum atomic E-state index is 13.7. The van der Waals surface area contributed by atoms with Crippen LogP contribution in [0.4, 0.5) is 4.39 Å². The molecule has 9 heteroatoms. The van der Waals surface area contributed by atoms with Crippen molar-refractivity contribution in [2.24, 2.45) is 7.05 Å². The SMILES string of the molecule is Cn1c(=O)n(C2CCOCC2)c2nc(-n3cnc4ccc(F)cc43)ncc21. The minimum absolute atomic E-state index is 0.0367. The van der Waals surface area contributed by atoms with E-state index in [9.17, 15) is 9.18 Å². The van der Waals surface area contributed by atoms with Crippen LogP contribution in [0.2, 0.25) is 0 Å². The van der Waals surface area contributed by atoms with Crippen LogP contribution in [-0.2, 0) is 11.8 Å². The maximum Gasteiger partial charge on any atom is 0.330 e. The van der Waals surface area contributed by atoms with Crippen LogP contribution in [0.5, 0.6) is 0 Å². The average molecular weight is 368 g/mol. The maximum absolute atomic E-state index is 13.7. The highest BCUT2D eigenvalue weighted by molar-refractivity contribution is 5.77. The fourth-order valence-corrected chi connectivity index (χ4v) is 3.66. The zero-order chi connectivity index (χ0) is 18.5. The van der Waals surface area contributed by atoms with Gasteiger partial charge in [0.2, 0.25) is 5.95 Å². The first kappa shape index (κ1) is 16.1. The molecule has 0 atom stereocenters. The standard InChI is InChI=1S/C18H17FN6O2/c1-23-15-9-20-17(24-10-21-13-3-2-11(19)8-14(13)24)22-16(15)25(18(23)26)12-4-6-27-7-5-12/h2-3,8-10,12H,4-7H2,1H3. The number of hydrogen-bond donors (Lipinski definition) is 0. The Hall–Kier alpha value is -3.07. The van der Waals surface area contributed by atoms with Gasteiger partial charge in [-0.3, -0.25) is 13.7 Å². The van der Waals surface area contributed by atoms with Gasteiger partial charge in [-0.2, -0.15) is 4.98 Å². The second-order valence-electron chi connectivity index (χ2n) is 6.68. The molecule has 27 heavy (non-hydrogen) atoms. The first-order chi connectivity index (χ1) is 13.1. The zero-order valence-corrected chi connectivity index (χ0v) is 14.7. The normalized spacial score (nSPS) is 15.8. The van der Waals surface area contributed by atoms with Crippen molar-refractivity contribution in [3.05, 3.63) is 47.0 Å². The summed E-state index contributed by atoms with van der Waals surface area (Å²) in [5.74, 6) is -0.00818. The van der Waals surface area contributed by atoms with E-state index in [1.165, 1.54) is 12.1 Å². The van der Waals surface area contributed by atoms with Crippen molar-refractivity contribution in [1.29, 1.82) is 0 Å². The van der Waals surface area contributed by atoms with E-state index < -0.39 is 0 Å². The second-order valence-corrected chi connectivity index (χ2v) is 6.68. The van der Waals surface area contributed by atoms with Crippen molar-refractivity contribution in [3.8, 4) is 5.95 Å². The van der Waals surface area contributed by atoms with Gasteiger partial charge in [-0.05, 0) is 25.0 Å². The Bertz CT molecular complexity index is 1220. The molecule has 1 aliphatic rings. The second kappa shape index (κ2) is 5.98. The third-order valence-corrected chi connectivity index (χ3v) is 5.10. The lowest BCUT2D eigenvalue weighted by Crippen LogP contribution is -2.30. The molecule has 0 N–H and O–H groups in total. The molecule has 4 aromatic rings. The Kier molecular flexibility index (Phi) is 3.57. The van der Waals surface area contributed by atoms with E-state index in [1.54, 1.807) is 39.3 Å². The highest BCUT2D eigenvalue weighted by Crippen LogP contribution is 2.24. The highest BCUT2D eigenvalue weighted by atomic mass is 19.1. The molecule has 4 heterocycles. The first-order valence-electron chi connectivity index (χ1n) is 8.78. The van der Waals surface area contributed by atoms with Crippen LogP contribution in [0.25, 0.3) is 28.1 Å². The average Bonchev–Trinajstić information content (AvgIpc) is 3.21. The summed E-state index contributed by atoms with van der Waals surface area (Å²) < 4.78 is 24.0. The van der Waals surface area contributed by atoms with Crippen LogP contribution in [0.15, 0.2) is 35.5 Å². The summed E-state index contributed by atoms with van der Waals surface area (Å²) in [4.78, 5) is 26.1. The molecule has 3 aromatic heterocycles. The molecule has 0 unspecified atom stereocenters. The van der Waals surface area contributed by atoms with Gasteiger partial charge < -0.3 is 4.74 Å². The van der Waals surface area contributed by atoms with E-state index in [1.807, 2.05) is 0 Å². The topological polar surface area (TPSA) is 79.8 Å². The monoisotopic (exact) mass is 368 g/mol. The summed E-state index contributed by atoms with van der Waals surface area (Å²) in [5.41, 5.74) is 2.33. The lowest BCUT2D eigenvalue weighted by Gasteiger charge is -2.22. The lowest BCUT2D eigenvalue weighted by molar-refractivity contribution is 0.0695. The van der Waals surface area contributed by atoms with Crippen LogP contribution in [0.1, 0.15) is 18.9 Å². The molecule has 0 amide bonds. The van der Waals surface area contributed by atoms with Crippen molar-refractivity contribution < 1.29 is 9.13 Å². The number of fused-ring (bicyclic) bond motifs is 2. The Morgan fingerprint density at radius 2 is 2.00 bits per heavy atom. The van der Waals surface area contributed by atoms with Gasteiger partial charge in [0, 0.05) is 32.4 Å². The Labute approximate surface area is 152 Å². The van der Waals surface area contributed by atoms with E-state index in [4.69, 9.17) is 4.74 Å². The van der Waals surface area contributed by atoms with E-state index in [2.05, 4.69) is 15.0 Å². The largest absolute Gasteiger partial charge is 0.381 e. The van der Waals surface area contributed by atoms with Gasteiger partial charge >= 0.3 is 5.69 Å². The van der Waals surface area contributed by atoms with Gasteiger partial charge in [0.05, 0.1) is 17.2 Å². The van der Waals surface area contributed by atoms with Gasteiger partial charge in [-0.25, -0.2) is 19.2 Å². The summed E-state index contributed by atoms with van der Waals surface area (Å²) in [6, 6.07) is 4.41. The number of halogens is 1. The number of benzene rings is 1. The molecule has 1 aromatic carbocycles. The Morgan fingerprint density at radius 1 is 1.19 bits per heavy atom.